The molecule has 2 unspecified atom stereocenters. The van der Waals surface area contributed by atoms with Crippen molar-refractivity contribution < 1.29 is 4.74 Å². The van der Waals surface area contributed by atoms with Crippen LogP contribution in [0.4, 0.5) is 0 Å². The summed E-state index contributed by atoms with van der Waals surface area (Å²) in [6, 6.07) is 8.06. The molecule has 2 saturated heterocycles. The minimum Gasteiger partial charge on any atom is -0.492 e. The van der Waals surface area contributed by atoms with Crippen LogP contribution in [0.3, 0.4) is 0 Å². The highest BCUT2D eigenvalue weighted by Gasteiger charge is 2.49. The zero-order chi connectivity index (χ0) is 14.2. The molecule has 0 aliphatic carbocycles. The highest BCUT2D eigenvalue weighted by atomic mass is 79.9. The van der Waals surface area contributed by atoms with E-state index in [-0.39, 0.29) is 5.54 Å². The number of halogens is 1. The minimum absolute atomic E-state index is 0.287. The Bertz CT molecular complexity index is 477. The molecule has 0 spiro atoms. The number of hydrogen-bond donors (Lipinski definition) is 1. The van der Waals surface area contributed by atoms with Crippen molar-refractivity contribution in [3.63, 3.8) is 0 Å². The maximum absolute atomic E-state index is 5.88. The molecule has 1 aromatic carbocycles. The molecule has 110 valence electrons. The number of hydrogen-bond acceptors (Lipinski definition) is 3. The maximum atomic E-state index is 5.88. The van der Waals surface area contributed by atoms with Gasteiger partial charge in [0.1, 0.15) is 12.4 Å². The Balaban J connectivity index is 1.54. The lowest BCUT2D eigenvalue weighted by Gasteiger charge is -2.35. The Labute approximate surface area is 129 Å². The molecule has 3 rings (SSSR count). The van der Waals surface area contributed by atoms with E-state index in [1.165, 1.54) is 19.6 Å². The molecule has 3 nitrogen and oxygen atoms in total. The molecule has 0 amide bonds. The fraction of sp³-hybridized carbons (Fsp3) is 0.625. The van der Waals surface area contributed by atoms with Crippen molar-refractivity contribution >= 4 is 15.9 Å². The van der Waals surface area contributed by atoms with Crippen molar-refractivity contribution in [2.24, 2.45) is 11.8 Å². The average molecular weight is 339 g/mol. The highest BCUT2D eigenvalue weighted by molar-refractivity contribution is 9.10. The molecule has 1 aromatic rings. The molecule has 2 aliphatic rings. The summed E-state index contributed by atoms with van der Waals surface area (Å²) in [6.07, 6.45) is 0. The van der Waals surface area contributed by atoms with Gasteiger partial charge in [0.2, 0.25) is 0 Å². The first-order valence-electron chi connectivity index (χ1n) is 7.41. The molecule has 20 heavy (non-hydrogen) atoms. The zero-order valence-corrected chi connectivity index (χ0v) is 13.8. The number of nitrogens with zero attached hydrogens (tertiary/aromatic N) is 1. The summed E-state index contributed by atoms with van der Waals surface area (Å²) >= 11 is 3.47. The number of nitrogens with one attached hydrogen (secondary N) is 1. The fourth-order valence-corrected chi connectivity index (χ4v) is 4.09. The van der Waals surface area contributed by atoms with Gasteiger partial charge in [-0.15, -0.1) is 0 Å². The van der Waals surface area contributed by atoms with Crippen molar-refractivity contribution in [2.45, 2.75) is 19.4 Å². The third-order valence-electron chi connectivity index (χ3n) is 4.94. The molecule has 2 heterocycles. The van der Waals surface area contributed by atoms with Crippen LogP contribution < -0.4 is 10.1 Å². The van der Waals surface area contributed by atoms with Gasteiger partial charge in [-0.05, 0) is 50.4 Å². The van der Waals surface area contributed by atoms with Crippen LogP contribution in [-0.4, -0.2) is 43.2 Å². The van der Waals surface area contributed by atoms with Gasteiger partial charge in [0, 0.05) is 29.6 Å². The van der Waals surface area contributed by atoms with E-state index < -0.39 is 0 Å². The van der Waals surface area contributed by atoms with E-state index in [2.05, 4.69) is 40.0 Å². The molecule has 0 radical (unpaired) electrons. The lowest BCUT2D eigenvalue weighted by molar-refractivity contribution is 0.117. The largest absolute Gasteiger partial charge is 0.492 e. The van der Waals surface area contributed by atoms with Gasteiger partial charge in [-0.1, -0.05) is 22.0 Å². The topological polar surface area (TPSA) is 24.5 Å². The van der Waals surface area contributed by atoms with E-state index in [0.717, 1.165) is 35.2 Å². The lowest BCUT2D eigenvalue weighted by Crippen LogP contribution is -2.46. The number of fused-ring (bicyclic) bond motifs is 1. The van der Waals surface area contributed by atoms with Crippen LogP contribution in [0, 0.1) is 11.8 Å². The second-order valence-corrected chi connectivity index (χ2v) is 7.35. The van der Waals surface area contributed by atoms with E-state index in [1.807, 2.05) is 24.3 Å². The standard InChI is InChI=1S/C16H23BrN2O/c1-16(2)15-10-18-9-12(15)11-19(16)6-7-20-14-5-3-4-13(17)8-14/h3-5,8,12,15,18H,6-7,9-11H2,1-2H3. The Morgan fingerprint density at radius 3 is 3.00 bits per heavy atom. The van der Waals surface area contributed by atoms with Gasteiger partial charge in [0.05, 0.1) is 0 Å². The van der Waals surface area contributed by atoms with Gasteiger partial charge < -0.3 is 10.1 Å². The van der Waals surface area contributed by atoms with E-state index >= 15 is 0 Å². The Kier molecular flexibility index (Phi) is 4.07. The summed E-state index contributed by atoms with van der Waals surface area (Å²) in [5, 5.41) is 3.53. The van der Waals surface area contributed by atoms with Crippen LogP contribution in [-0.2, 0) is 0 Å². The Morgan fingerprint density at radius 1 is 1.40 bits per heavy atom. The van der Waals surface area contributed by atoms with Crippen LogP contribution >= 0.6 is 15.9 Å². The molecule has 2 fully saturated rings. The van der Waals surface area contributed by atoms with Gasteiger partial charge in [-0.3, -0.25) is 4.90 Å². The molecule has 0 bridgehead atoms. The van der Waals surface area contributed by atoms with Gasteiger partial charge in [-0.25, -0.2) is 0 Å². The smallest absolute Gasteiger partial charge is 0.120 e. The highest BCUT2D eigenvalue weighted by Crippen LogP contribution is 2.40. The molecule has 2 aliphatic heterocycles. The van der Waals surface area contributed by atoms with Crippen LogP contribution in [0.1, 0.15) is 13.8 Å². The van der Waals surface area contributed by atoms with Crippen molar-refractivity contribution in [1.29, 1.82) is 0 Å². The monoisotopic (exact) mass is 338 g/mol. The van der Waals surface area contributed by atoms with Gasteiger partial charge in [0.15, 0.2) is 0 Å². The Morgan fingerprint density at radius 2 is 2.25 bits per heavy atom. The summed E-state index contributed by atoms with van der Waals surface area (Å²) < 4.78 is 6.94. The molecule has 2 atom stereocenters. The average Bonchev–Trinajstić information content (AvgIpc) is 2.94. The zero-order valence-electron chi connectivity index (χ0n) is 12.2. The third kappa shape index (κ3) is 2.74. The van der Waals surface area contributed by atoms with E-state index in [1.54, 1.807) is 0 Å². The predicted octanol–water partition coefficient (Wildman–Crippen LogP) is 2.76. The number of rotatable bonds is 4. The number of likely N-dealkylation sites (tertiary alicyclic amines) is 1. The van der Waals surface area contributed by atoms with Crippen LogP contribution in [0.2, 0.25) is 0 Å². The van der Waals surface area contributed by atoms with Crippen molar-refractivity contribution in [1.82, 2.24) is 10.2 Å². The summed E-state index contributed by atoms with van der Waals surface area (Å²) in [5.74, 6) is 2.54. The Hall–Kier alpha value is -0.580. The SMILES string of the molecule is CC1(C)C2CNCC2CN1CCOc1cccc(Br)c1. The normalized spacial score (nSPS) is 28.6. The first kappa shape index (κ1) is 14.4. The first-order valence-corrected chi connectivity index (χ1v) is 8.21. The summed E-state index contributed by atoms with van der Waals surface area (Å²) in [7, 11) is 0. The fourth-order valence-electron chi connectivity index (χ4n) is 3.71. The van der Waals surface area contributed by atoms with E-state index in [4.69, 9.17) is 4.74 Å². The second kappa shape index (κ2) is 5.66. The molecule has 1 N–H and O–H groups in total. The van der Waals surface area contributed by atoms with Crippen LogP contribution in [0.15, 0.2) is 28.7 Å². The number of ether oxygens (including phenoxy) is 1. The van der Waals surface area contributed by atoms with E-state index in [0.29, 0.717) is 0 Å². The third-order valence-corrected chi connectivity index (χ3v) is 5.44. The molecular formula is C16H23BrN2O. The van der Waals surface area contributed by atoms with Crippen LogP contribution in [0.5, 0.6) is 5.75 Å². The van der Waals surface area contributed by atoms with Crippen molar-refractivity contribution in [3.8, 4) is 5.75 Å². The molecule has 0 aromatic heterocycles. The van der Waals surface area contributed by atoms with Gasteiger partial charge >= 0.3 is 0 Å². The minimum atomic E-state index is 0.287. The molecular weight excluding hydrogens is 316 g/mol. The lowest BCUT2D eigenvalue weighted by atomic mass is 9.85. The maximum Gasteiger partial charge on any atom is 0.120 e. The van der Waals surface area contributed by atoms with Crippen molar-refractivity contribution in [2.75, 3.05) is 32.8 Å². The van der Waals surface area contributed by atoms with Gasteiger partial charge in [0.25, 0.3) is 0 Å². The number of benzene rings is 1. The van der Waals surface area contributed by atoms with Gasteiger partial charge in [-0.2, -0.15) is 0 Å². The molecule has 0 saturated carbocycles. The van der Waals surface area contributed by atoms with Crippen LogP contribution in [0.25, 0.3) is 0 Å². The second-order valence-electron chi connectivity index (χ2n) is 6.43. The summed E-state index contributed by atoms with van der Waals surface area (Å²) in [6.45, 7) is 10.1. The quantitative estimate of drug-likeness (QED) is 0.913. The first-order chi connectivity index (χ1) is 9.57. The van der Waals surface area contributed by atoms with E-state index in [9.17, 15) is 0 Å². The predicted molar refractivity (Wildman–Crippen MR) is 85.1 cm³/mol. The summed E-state index contributed by atoms with van der Waals surface area (Å²) in [5.41, 5.74) is 0.287. The summed E-state index contributed by atoms with van der Waals surface area (Å²) in [4.78, 5) is 2.60. The van der Waals surface area contributed by atoms with Crippen molar-refractivity contribution in [3.05, 3.63) is 28.7 Å². The molecule has 4 heteroatoms.